The summed E-state index contributed by atoms with van der Waals surface area (Å²) in [6, 6.07) is 71.5. The summed E-state index contributed by atoms with van der Waals surface area (Å²) in [5, 5.41) is 0. The van der Waals surface area contributed by atoms with E-state index in [1.54, 1.807) is 0 Å². The predicted molar refractivity (Wildman–Crippen MR) is 222 cm³/mol. The minimum absolute atomic E-state index is 0.0923. The van der Waals surface area contributed by atoms with Gasteiger partial charge in [0, 0.05) is 28.4 Å². The molecule has 1 nitrogen and oxygen atoms in total. The Morgan fingerprint density at radius 2 is 0.925 bits per heavy atom. The molecule has 53 heavy (non-hydrogen) atoms. The van der Waals surface area contributed by atoms with Crippen molar-refractivity contribution >= 4 is 17.1 Å². The molecular formula is C52H39N. The monoisotopic (exact) mass is 677 g/mol. The van der Waals surface area contributed by atoms with E-state index in [0.717, 1.165) is 17.1 Å². The van der Waals surface area contributed by atoms with Gasteiger partial charge in [0.2, 0.25) is 0 Å². The van der Waals surface area contributed by atoms with E-state index >= 15 is 0 Å². The Hall–Kier alpha value is -6.44. The molecule has 0 aromatic heterocycles. The molecule has 1 unspecified atom stereocenters. The fraction of sp³-hybridized carbons (Fsp3) is 0.0769. The second kappa shape index (κ2) is 12.4. The van der Waals surface area contributed by atoms with Crippen molar-refractivity contribution < 1.29 is 0 Å². The lowest BCUT2D eigenvalue weighted by molar-refractivity contribution is 0.660. The van der Waals surface area contributed by atoms with Crippen molar-refractivity contribution in [3.05, 3.63) is 222 Å². The summed E-state index contributed by atoms with van der Waals surface area (Å²) >= 11 is 0. The van der Waals surface area contributed by atoms with Crippen molar-refractivity contribution in [2.45, 2.75) is 25.2 Å². The first-order valence-electron chi connectivity index (χ1n) is 18.6. The van der Waals surface area contributed by atoms with Gasteiger partial charge in [-0.15, -0.1) is 0 Å². The van der Waals surface area contributed by atoms with Crippen LogP contribution in [0.4, 0.5) is 17.1 Å². The Bertz CT molecular complexity index is 2630. The quantitative estimate of drug-likeness (QED) is 0.169. The predicted octanol–water partition coefficient (Wildman–Crippen LogP) is 14.0. The minimum Gasteiger partial charge on any atom is -0.310 e. The second-order valence-corrected chi connectivity index (χ2v) is 14.9. The molecule has 0 N–H and O–H groups in total. The molecule has 8 aromatic rings. The van der Waals surface area contributed by atoms with Gasteiger partial charge in [-0.1, -0.05) is 166 Å². The normalized spacial score (nSPS) is 14.6. The van der Waals surface area contributed by atoms with Crippen LogP contribution in [0.3, 0.4) is 0 Å². The maximum Gasteiger partial charge on any atom is 0.0467 e. The molecule has 0 aliphatic heterocycles. The van der Waals surface area contributed by atoms with Gasteiger partial charge in [-0.05, 0) is 115 Å². The smallest absolute Gasteiger partial charge is 0.0467 e. The summed E-state index contributed by atoms with van der Waals surface area (Å²) in [5.74, 6) is 0.243. The first-order valence-corrected chi connectivity index (χ1v) is 18.6. The number of hydrogen-bond acceptors (Lipinski definition) is 1. The highest BCUT2D eigenvalue weighted by Gasteiger charge is 2.36. The molecule has 0 heterocycles. The summed E-state index contributed by atoms with van der Waals surface area (Å²) in [6.45, 7) is 4.71. The molecule has 0 spiro atoms. The van der Waals surface area contributed by atoms with E-state index in [-0.39, 0.29) is 11.3 Å². The van der Waals surface area contributed by atoms with Gasteiger partial charge in [0.25, 0.3) is 0 Å². The van der Waals surface area contributed by atoms with Gasteiger partial charge in [0.05, 0.1) is 0 Å². The van der Waals surface area contributed by atoms with Crippen LogP contribution in [0.2, 0.25) is 0 Å². The lowest BCUT2D eigenvalue weighted by Crippen LogP contribution is -2.16. The molecular weight excluding hydrogens is 639 g/mol. The Balaban J connectivity index is 1.09. The Kier molecular flexibility index (Phi) is 7.30. The molecule has 0 saturated carbocycles. The van der Waals surface area contributed by atoms with E-state index in [1.165, 1.54) is 72.3 Å². The molecule has 1 heteroatoms. The number of nitrogens with zero attached hydrogens (tertiary/aromatic N) is 1. The molecule has 1 atom stereocenters. The molecule has 0 bridgehead atoms. The minimum atomic E-state index is -0.0923. The van der Waals surface area contributed by atoms with E-state index < -0.39 is 0 Å². The van der Waals surface area contributed by atoms with E-state index in [2.05, 4.69) is 213 Å². The van der Waals surface area contributed by atoms with E-state index in [1.807, 2.05) is 0 Å². The van der Waals surface area contributed by atoms with Crippen molar-refractivity contribution in [1.82, 2.24) is 0 Å². The zero-order valence-electron chi connectivity index (χ0n) is 30.0. The van der Waals surface area contributed by atoms with Crippen LogP contribution >= 0.6 is 0 Å². The topological polar surface area (TPSA) is 3.24 Å². The van der Waals surface area contributed by atoms with Crippen LogP contribution in [0.5, 0.6) is 0 Å². The fourth-order valence-electron chi connectivity index (χ4n) is 8.92. The SMILES string of the molecule is CC1(C)c2ccccc2-c2ccc(N(c3ccc(-c4ccccc4)cc3)c3cccc(-c4ccc5c(c4)-c4ccccc4C5c4ccccc4)c3)cc21. The zero-order chi connectivity index (χ0) is 35.5. The molecule has 0 radical (unpaired) electrons. The number of anilines is 3. The Morgan fingerprint density at radius 3 is 1.74 bits per heavy atom. The lowest BCUT2D eigenvalue weighted by atomic mass is 9.82. The zero-order valence-corrected chi connectivity index (χ0v) is 30.0. The van der Waals surface area contributed by atoms with Gasteiger partial charge >= 0.3 is 0 Å². The number of fused-ring (bicyclic) bond motifs is 6. The third-order valence-electron chi connectivity index (χ3n) is 11.6. The third kappa shape index (κ3) is 5.15. The molecule has 2 aliphatic carbocycles. The first kappa shape index (κ1) is 31.3. The van der Waals surface area contributed by atoms with Gasteiger partial charge in [0.1, 0.15) is 0 Å². The van der Waals surface area contributed by atoms with Crippen LogP contribution in [0.15, 0.2) is 194 Å². The maximum atomic E-state index is 2.42. The molecule has 252 valence electrons. The van der Waals surface area contributed by atoms with Gasteiger partial charge in [-0.25, -0.2) is 0 Å². The highest BCUT2D eigenvalue weighted by atomic mass is 15.1. The van der Waals surface area contributed by atoms with Gasteiger partial charge < -0.3 is 4.90 Å². The molecule has 10 rings (SSSR count). The summed E-state index contributed by atoms with van der Waals surface area (Å²) < 4.78 is 0. The number of hydrogen-bond donors (Lipinski definition) is 0. The van der Waals surface area contributed by atoms with Crippen LogP contribution < -0.4 is 4.90 Å². The standard InChI is InChI=1S/C52H39N/c1-52(2)49-23-12-11-21-44(49)45-31-29-42(34-50(45)52)53(40-27-24-36(25-28-40)35-14-5-3-6-15-35)41-19-13-18-38(32-41)39-26-30-47-48(33-39)43-20-9-10-22-46(43)51(47)37-16-7-4-8-17-37/h3-34,51H,1-2H3. The summed E-state index contributed by atoms with van der Waals surface area (Å²) in [7, 11) is 0. The van der Waals surface area contributed by atoms with E-state index in [0.29, 0.717) is 0 Å². The third-order valence-corrected chi connectivity index (χ3v) is 11.6. The molecule has 8 aromatic carbocycles. The summed E-state index contributed by atoms with van der Waals surface area (Å²) in [5.41, 5.74) is 20.3. The van der Waals surface area contributed by atoms with Crippen molar-refractivity contribution in [3.63, 3.8) is 0 Å². The molecule has 0 fully saturated rings. The highest BCUT2D eigenvalue weighted by molar-refractivity contribution is 5.88. The average Bonchev–Trinajstić information content (AvgIpc) is 3.67. The largest absolute Gasteiger partial charge is 0.310 e. The fourth-order valence-corrected chi connectivity index (χ4v) is 8.92. The number of rotatable bonds is 6. The van der Waals surface area contributed by atoms with E-state index in [9.17, 15) is 0 Å². The molecule has 0 saturated heterocycles. The van der Waals surface area contributed by atoms with Crippen LogP contribution in [-0.2, 0) is 5.41 Å². The first-order chi connectivity index (χ1) is 26.0. The number of benzene rings is 8. The van der Waals surface area contributed by atoms with Gasteiger partial charge in [-0.2, -0.15) is 0 Å². The van der Waals surface area contributed by atoms with E-state index in [4.69, 9.17) is 0 Å². The van der Waals surface area contributed by atoms with Crippen LogP contribution in [0, 0.1) is 0 Å². The Morgan fingerprint density at radius 1 is 0.358 bits per heavy atom. The van der Waals surface area contributed by atoms with Gasteiger partial charge in [0.15, 0.2) is 0 Å². The second-order valence-electron chi connectivity index (χ2n) is 14.9. The highest BCUT2D eigenvalue weighted by Crippen LogP contribution is 2.52. The maximum absolute atomic E-state index is 2.42. The van der Waals surface area contributed by atoms with Gasteiger partial charge in [-0.3, -0.25) is 0 Å². The summed E-state index contributed by atoms with van der Waals surface area (Å²) in [4.78, 5) is 2.42. The lowest BCUT2D eigenvalue weighted by Gasteiger charge is -2.28. The van der Waals surface area contributed by atoms with Crippen LogP contribution in [0.1, 0.15) is 47.6 Å². The van der Waals surface area contributed by atoms with Crippen molar-refractivity contribution in [2.75, 3.05) is 4.90 Å². The molecule has 2 aliphatic rings. The van der Waals surface area contributed by atoms with Crippen LogP contribution in [0.25, 0.3) is 44.5 Å². The summed E-state index contributed by atoms with van der Waals surface area (Å²) in [6.07, 6.45) is 0. The van der Waals surface area contributed by atoms with Crippen molar-refractivity contribution in [3.8, 4) is 44.5 Å². The average molecular weight is 678 g/mol. The van der Waals surface area contributed by atoms with Crippen LogP contribution in [-0.4, -0.2) is 0 Å². The molecule has 0 amide bonds. The van der Waals surface area contributed by atoms with Crippen molar-refractivity contribution in [2.24, 2.45) is 0 Å². The van der Waals surface area contributed by atoms with Crippen molar-refractivity contribution in [1.29, 1.82) is 0 Å². The Labute approximate surface area is 312 Å².